The number of hydrogen-bond acceptors (Lipinski definition) is 9. The molecule has 0 aliphatic heterocycles. The van der Waals surface area contributed by atoms with Crippen LogP contribution in [0, 0.1) is 0 Å². The number of ether oxygens (including phenoxy) is 3. The number of aromatic nitrogens is 4. The van der Waals surface area contributed by atoms with Gasteiger partial charge in [0.1, 0.15) is 18.3 Å². The van der Waals surface area contributed by atoms with Gasteiger partial charge in [-0.05, 0) is 65.4 Å². The third-order valence-electron chi connectivity index (χ3n) is 7.53. The van der Waals surface area contributed by atoms with Crippen LogP contribution in [0.5, 0.6) is 17.2 Å². The fourth-order valence-corrected chi connectivity index (χ4v) is 6.10. The van der Waals surface area contributed by atoms with E-state index in [-0.39, 0.29) is 30.9 Å². The minimum Gasteiger partial charge on any atom is -0.497 e. The maximum atomic E-state index is 14.1. The van der Waals surface area contributed by atoms with Crippen molar-refractivity contribution in [2.75, 3.05) is 21.3 Å². The fourth-order valence-electron chi connectivity index (χ4n) is 5.26. The molecule has 0 saturated heterocycles. The molecule has 2 aromatic heterocycles. The van der Waals surface area contributed by atoms with Gasteiger partial charge in [-0.2, -0.15) is 4.80 Å². The van der Waals surface area contributed by atoms with Crippen molar-refractivity contribution in [1.29, 1.82) is 0 Å². The number of nitrogens with one attached hydrogen (secondary N) is 1. The van der Waals surface area contributed by atoms with Crippen molar-refractivity contribution < 1.29 is 23.8 Å². The summed E-state index contributed by atoms with van der Waals surface area (Å²) in [6, 6.07) is 15.9. The molecule has 226 valence electrons. The molecule has 0 radical (unpaired) electrons. The zero-order chi connectivity index (χ0) is 30.2. The van der Waals surface area contributed by atoms with Crippen LogP contribution in [0.4, 0.5) is 0 Å². The van der Waals surface area contributed by atoms with Crippen LogP contribution in [0.3, 0.4) is 0 Å². The number of methoxy groups -OCH3 is 3. The molecule has 2 aromatic carbocycles. The Morgan fingerprint density at radius 1 is 1.00 bits per heavy atom. The van der Waals surface area contributed by atoms with Crippen LogP contribution in [0.15, 0.2) is 60.0 Å². The molecule has 12 heteroatoms. The van der Waals surface area contributed by atoms with Gasteiger partial charge in [0.05, 0.1) is 21.3 Å². The number of nitrogens with zero attached hydrogens (tertiary/aromatic N) is 5. The van der Waals surface area contributed by atoms with Crippen molar-refractivity contribution in [3.63, 3.8) is 0 Å². The van der Waals surface area contributed by atoms with Crippen molar-refractivity contribution in [3.05, 3.63) is 70.4 Å². The lowest BCUT2D eigenvalue weighted by Gasteiger charge is -2.32. The molecule has 0 unspecified atom stereocenters. The number of carbonyl (C=O) groups is 2. The molecular formula is C31H36N6O5S. The van der Waals surface area contributed by atoms with E-state index in [9.17, 15) is 9.59 Å². The summed E-state index contributed by atoms with van der Waals surface area (Å²) in [5.74, 6) is 1.65. The van der Waals surface area contributed by atoms with E-state index in [4.69, 9.17) is 14.2 Å². The fraction of sp³-hybridized carbons (Fsp3) is 0.387. The van der Waals surface area contributed by atoms with E-state index in [0.717, 1.165) is 36.1 Å². The third kappa shape index (κ3) is 7.31. The molecule has 4 aromatic rings. The molecule has 1 N–H and O–H groups in total. The maximum absolute atomic E-state index is 14.1. The summed E-state index contributed by atoms with van der Waals surface area (Å²) in [5, 5.41) is 17.9. The first-order chi connectivity index (χ1) is 21.0. The predicted molar refractivity (Wildman–Crippen MR) is 162 cm³/mol. The minimum atomic E-state index is -0.814. The van der Waals surface area contributed by atoms with Gasteiger partial charge in [-0.3, -0.25) is 9.59 Å². The van der Waals surface area contributed by atoms with Crippen LogP contribution in [0.2, 0.25) is 0 Å². The van der Waals surface area contributed by atoms with Crippen molar-refractivity contribution in [2.45, 2.75) is 57.3 Å². The summed E-state index contributed by atoms with van der Waals surface area (Å²) in [7, 11) is 4.72. The summed E-state index contributed by atoms with van der Waals surface area (Å²) < 4.78 is 16.0. The van der Waals surface area contributed by atoms with Gasteiger partial charge in [-0.1, -0.05) is 37.5 Å². The van der Waals surface area contributed by atoms with E-state index in [1.807, 2.05) is 41.8 Å². The molecule has 5 rings (SSSR count). The van der Waals surface area contributed by atoms with Crippen molar-refractivity contribution >= 4 is 23.2 Å². The second-order valence-corrected chi connectivity index (χ2v) is 11.3. The molecule has 1 saturated carbocycles. The summed E-state index contributed by atoms with van der Waals surface area (Å²) in [6.07, 6.45) is 5.24. The number of thiophene rings is 1. The number of rotatable bonds is 12. The highest BCUT2D eigenvalue weighted by molar-refractivity contribution is 7.10. The Labute approximate surface area is 254 Å². The average Bonchev–Trinajstić information content (AvgIpc) is 3.74. The molecule has 1 fully saturated rings. The SMILES string of the molecule is COc1ccc(CN(C(=O)Cn2nnc(-c3ccc(OC)c(OC)c3)n2)[C@@H](C(=O)NC2CCCCC2)c2cccs2)cc1. The smallest absolute Gasteiger partial charge is 0.248 e. The topological polar surface area (TPSA) is 121 Å². The molecule has 1 aliphatic rings. The van der Waals surface area contributed by atoms with E-state index < -0.39 is 6.04 Å². The molecule has 2 amide bonds. The second-order valence-electron chi connectivity index (χ2n) is 10.3. The highest BCUT2D eigenvalue weighted by atomic mass is 32.1. The Morgan fingerprint density at radius 3 is 2.44 bits per heavy atom. The third-order valence-corrected chi connectivity index (χ3v) is 8.45. The van der Waals surface area contributed by atoms with E-state index in [0.29, 0.717) is 28.6 Å². The first kappa shape index (κ1) is 30.0. The van der Waals surface area contributed by atoms with Crippen LogP contribution in [-0.4, -0.2) is 64.3 Å². The van der Waals surface area contributed by atoms with Gasteiger partial charge >= 0.3 is 0 Å². The molecule has 11 nitrogen and oxygen atoms in total. The number of hydrogen-bond donors (Lipinski definition) is 1. The van der Waals surface area contributed by atoms with E-state index in [1.165, 1.54) is 22.6 Å². The predicted octanol–water partition coefficient (Wildman–Crippen LogP) is 4.65. The molecule has 0 spiro atoms. The molecular weight excluding hydrogens is 568 g/mol. The number of carbonyl (C=O) groups excluding carboxylic acids is 2. The summed E-state index contributed by atoms with van der Waals surface area (Å²) in [5.41, 5.74) is 1.52. The lowest BCUT2D eigenvalue weighted by molar-refractivity contribution is -0.142. The van der Waals surface area contributed by atoms with Gasteiger partial charge in [0.25, 0.3) is 0 Å². The standard InChI is InChI=1S/C31H36N6O5S/c1-40-24-14-11-21(12-15-24)19-36(29(27-10-7-17-43-27)31(39)32-23-8-5-4-6-9-23)28(38)20-37-34-30(33-35-37)22-13-16-25(41-2)26(18-22)42-3/h7,10-18,23,29H,4-6,8-9,19-20H2,1-3H3,(H,32,39)/t29-/m1/s1. The number of tetrazole rings is 1. The second kappa shape index (κ2) is 14.1. The van der Waals surface area contributed by atoms with Gasteiger partial charge < -0.3 is 24.4 Å². The highest BCUT2D eigenvalue weighted by Gasteiger charge is 2.34. The van der Waals surface area contributed by atoms with Crippen LogP contribution >= 0.6 is 11.3 Å². The molecule has 0 bridgehead atoms. The largest absolute Gasteiger partial charge is 0.497 e. The molecule has 2 heterocycles. The lowest BCUT2D eigenvalue weighted by Crippen LogP contribution is -2.47. The quantitative estimate of drug-likeness (QED) is 0.248. The highest BCUT2D eigenvalue weighted by Crippen LogP contribution is 2.32. The van der Waals surface area contributed by atoms with Gasteiger partial charge in [0.2, 0.25) is 17.6 Å². The Balaban J connectivity index is 1.43. The normalized spacial score (nSPS) is 14.1. The summed E-state index contributed by atoms with van der Waals surface area (Å²) >= 11 is 1.45. The number of amides is 2. The first-order valence-electron chi connectivity index (χ1n) is 14.3. The average molecular weight is 605 g/mol. The van der Waals surface area contributed by atoms with Crippen molar-refractivity contribution in [1.82, 2.24) is 30.4 Å². The van der Waals surface area contributed by atoms with E-state index in [1.54, 1.807) is 44.4 Å². The van der Waals surface area contributed by atoms with Gasteiger partial charge in [-0.25, -0.2) is 0 Å². The zero-order valence-corrected chi connectivity index (χ0v) is 25.4. The Bertz CT molecular complexity index is 1500. The monoisotopic (exact) mass is 604 g/mol. The van der Waals surface area contributed by atoms with Crippen LogP contribution in [0.25, 0.3) is 11.4 Å². The van der Waals surface area contributed by atoms with Crippen LogP contribution in [0.1, 0.15) is 48.6 Å². The van der Waals surface area contributed by atoms with Gasteiger partial charge in [-0.15, -0.1) is 21.5 Å². The Kier molecular flexibility index (Phi) is 9.88. The number of benzene rings is 2. The Morgan fingerprint density at radius 2 is 1.77 bits per heavy atom. The van der Waals surface area contributed by atoms with Crippen LogP contribution < -0.4 is 19.5 Å². The van der Waals surface area contributed by atoms with E-state index in [2.05, 4.69) is 20.7 Å². The van der Waals surface area contributed by atoms with Crippen molar-refractivity contribution in [2.24, 2.45) is 0 Å². The maximum Gasteiger partial charge on any atom is 0.248 e. The molecule has 1 aliphatic carbocycles. The molecule has 43 heavy (non-hydrogen) atoms. The lowest BCUT2D eigenvalue weighted by atomic mass is 9.95. The minimum absolute atomic E-state index is 0.0997. The Hall–Kier alpha value is -4.45. The summed E-state index contributed by atoms with van der Waals surface area (Å²) in [6.45, 7) is 0.00966. The first-order valence-corrected chi connectivity index (χ1v) is 15.1. The van der Waals surface area contributed by atoms with Crippen LogP contribution in [-0.2, 0) is 22.7 Å². The van der Waals surface area contributed by atoms with Gasteiger partial charge in [0.15, 0.2) is 11.5 Å². The van der Waals surface area contributed by atoms with E-state index >= 15 is 0 Å². The molecule has 1 atom stereocenters. The van der Waals surface area contributed by atoms with Gasteiger partial charge in [0, 0.05) is 23.0 Å². The van der Waals surface area contributed by atoms with Crippen molar-refractivity contribution in [3.8, 4) is 28.6 Å². The summed E-state index contributed by atoms with van der Waals surface area (Å²) in [4.78, 5) is 31.6. The zero-order valence-electron chi connectivity index (χ0n) is 24.6.